The molecule has 0 unspecified atom stereocenters. The zero-order valence-electron chi connectivity index (χ0n) is 13.3. The number of anilines is 1. The molecule has 3 heterocycles. The van der Waals surface area contributed by atoms with Gasteiger partial charge in [0, 0.05) is 50.7 Å². The zero-order chi connectivity index (χ0) is 16.8. The standard InChI is InChI=1S/C16H20N4O3S/c21-14(4-1-5-17-15(22)13-3-2-11-23-13)19-7-9-20(10-8-19)16-18-6-12-24-16/h2-3,6,11-12H,1,4-5,7-10H2,(H,17,22). The van der Waals surface area contributed by atoms with Crippen molar-refractivity contribution in [2.24, 2.45) is 0 Å². The van der Waals surface area contributed by atoms with Crippen LogP contribution in [0.15, 0.2) is 34.4 Å². The minimum Gasteiger partial charge on any atom is -0.459 e. The molecular formula is C16H20N4O3S. The van der Waals surface area contributed by atoms with Crippen molar-refractivity contribution in [3.05, 3.63) is 35.7 Å². The van der Waals surface area contributed by atoms with Gasteiger partial charge in [0.25, 0.3) is 5.91 Å². The van der Waals surface area contributed by atoms with Gasteiger partial charge < -0.3 is 19.5 Å². The fraction of sp³-hybridized carbons (Fsp3) is 0.438. The molecule has 1 aliphatic heterocycles. The second-order valence-corrected chi connectivity index (χ2v) is 6.39. The number of aromatic nitrogens is 1. The Balaban J connectivity index is 1.33. The summed E-state index contributed by atoms with van der Waals surface area (Å²) in [5.74, 6) is 0.185. The lowest BCUT2D eigenvalue weighted by molar-refractivity contribution is -0.131. The van der Waals surface area contributed by atoms with Crippen molar-refractivity contribution >= 4 is 28.3 Å². The minimum absolute atomic E-state index is 0.140. The summed E-state index contributed by atoms with van der Waals surface area (Å²) in [4.78, 5) is 32.3. The average molecular weight is 348 g/mol. The van der Waals surface area contributed by atoms with E-state index in [4.69, 9.17) is 4.42 Å². The smallest absolute Gasteiger partial charge is 0.286 e. The highest BCUT2D eigenvalue weighted by atomic mass is 32.1. The molecule has 2 amide bonds. The summed E-state index contributed by atoms with van der Waals surface area (Å²) >= 11 is 1.62. The first kappa shape index (κ1) is 16.5. The Kier molecular flexibility index (Phi) is 5.47. The molecule has 0 spiro atoms. The fourth-order valence-corrected chi connectivity index (χ4v) is 3.31. The van der Waals surface area contributed by atoms with Gasteiger partial charge in [0.1, 0.15) is 0 Å². The third-order valence-electron chi connectivity index (χ3n) is 3.92. The quantitative estimate of drug-likeness (QED) is 0.802. The van der Waals surface area contributed by atoms with Crippen LogP contribution in [0.3, 0.4) is 0 Å². The highest BCUT2D eigenvalue weighted by Crippen LogP contribution is 2.19. The summed E-state index contributed by atoms with van der Waals surface area (Å²) < 4.78 is 5.01. The highest BCUT2D eigenvalue weighted by Gasteiger charge is 2.21. The normalized spacial score (nSPS) is 14.7. The molecule has 128 valence electrons. The lowest BCUT2D eigenvalue weighted by Gasteiger charge is -2.34. The Morgan fingerprint density at radius 1 is 1.29 bits per heavy atom. The first-order chi connectivity index (χ1) is 11.7. The Morgan fingerprint density at radius 2 is 2.12 bits per heavy atom. The number of nitrogens with zero attached hydrogens (tertiary/aromatic N) is 3. The number of hydrogen-bond acceptors (Lipinski definition) is 6. The van der Waals surface area contributed by atoms with Crippen LogP contribution < -0.4 is 10.2 Å². The number of carbonyl (C=O) groups excluding carboxylic acids is 2. The van der Waals surface area contributed by atoms with E-state index in [0.29, 0.717) is 25.1 Å². The van der Waals surface area contributed by atoms with Crippen LogP contribution in [0.4, 0.5) is 5.13 Å². The van der Waals surface area contributed by atoms with E-state index in [1.165, 1.54) is 6.26 Å². The van der Waals surface area contributed by atoms with Gasteiger partial charge in [0.15, 0.2) is 10.9 Å². The Morgan fingerprint density at radius 3 is 2.79 bits per heavy atom. The van der Waals surface area contributed by atoms with Gasteiger partial charge in [-0.1, -0.05) is 0 Å². The predicted octanol–water partition coefficient (Wildman–Crippen LogP) is 1.59. The third kappa shape index (κ3) is 4.14. The maximum atomic E-state index is 12.2. The number of rotatable bonds is 6. The molecule has 0 bridgehead atoms. The monoisotopic (exact) mass is 348 g/mol. The van der Waals surface area contributed by atoms with E-state index in [-0.39, 0.29) is 11.8 Å². The lowest BCUT2D eigenvalue weighted by Crippen LogP contribution is -2.48. The van der Waals surface area contributed by atoms with Gasteiger partial charge in [0.05, 0.1) is 6.26 Å². The lowest BCUT2D eigenvalue weighted by atomic mass is 10.2. The van der Waals surface area contributed by atoms with Crippen LogP contribution in [-0.4, -0.2) is 54.4 Å². The number of amides is 2. The second kappa shape index (κ2) is 7.96. The van der Waals surface area contributed by atoms with Crippen molar-refractivity contribution in [1.29, 1.82) is 0 Å². The average Bonchev–Trinajstić information content (AvgIpc) is 3.32. The molecule has 2 aromatic rings. The van der Waals surface area contributed by atoms with E-state index >= 15 is 0 Å². The molecule has 0 atom stereocenters. The van der Waals surface area contributed by atoms with Crippen LogP contribution in [0.5, 0.6) is 0 Å². The zero-order valence-corrected chi connectivity index (χ0v) is 14.1. The number of piperazine rings is 1. The third-order valence-corrected chi connectivity index (χ3v) is 4.75. The van der Waals surface area contributed by atoms with Crippen molar-refractivity contribution in [2.75, 3.05) is 37.6 Å². The van der Waals surface area contributed by atoms with Crippen LogP contribution in [0.1, 0.15) is 23.4 Å². The van der Waals surface area contributed by atoms with E-state index in [2.05, 4.69) is 15.2 Å². The molecule has 0 aromatic carbocycles. The maximum Gasteiger partial charge on any atom is 0.286 e. The summed E-state index contributed by atoms with van der Waals surface area (Å²) in [6.45, 7) is 3.53. The van der Waals surface area contributed by atoms with Gasteiger partial charge in [-0.05, 0) is 18.6 Å². The molecule has 8 heteroatoms. The molecule has 7 nitrogen and oxygen atoms in total. The topological polar surface area (TPSA) is 78.7 Å². The molecule has 2 aromatic heterocycles. The Bertz CT molecular complexity index is 649. The van der Waals surface area contributed by atoms with E-state index < -0.39 is 0 Å². The van der Waals surface area contributed by atoms with E-state index in [0.717, 1.165) is 31.3 Å². The van der Waals surface area contributed by atoms with E-state index in [1.807, 2.05) is 10.3 Å². The minimum atomic E-state index is -0.246. The molecule has 3 rings (SSSR count). The van der Waals surface area contributed by atoms with Crippen molar-refractivity contribution in [3.8, 4) is 0 Å². The van der Waals surface area contributed by atoms with Gasteiger partial charge in [-0.15, -0.1) is 11.3 Å². The van der Waals surface area contributed by atoms with Crippen molar-refractivity contribution in [3.63, 3.8) is 0 Å². The molecule has 1 N–H and O–H groups in total. The maximum absolute atomic E-state index is 12.2. The SMILES string of the molecule is O=C(NCCCC(=O)N1CCN(c2nccs2)CC1)c1ccco1. The molecular weight excluding hydrogens is 328 g/mol. The van der Waals surface area contributed by atoms with Crippen molar-refractivity contribution < 1.29 is 14.0 Å². The largest absolute Gasteiger partial charge is 0.459 e. The fourth-order valence-electron chi connectivity index (χ4n) is 2.61. The molecule has 0 aliphatic carbocycles. The van der Waals surface area contributed by atoms with Crippen LogP contribution in [0.2, 0.25) is 0 Å². The predicted molar refractivity (Wildman–Crippen MR) is 91.2 cm³/mol. The first-order valence-electron chi connectivity index (χ1n) is 7.98. The molecule has 24 heavy (non-hydrogen) atoms. The second-order valence-electron chi connectivity index (χ2n) is 5.52. The Labute approximate surface area is 144 Å². The van der Waals surface area contributed by atoms with E-state index in [1.54, 1.807) is 29.7 Å². The summed E-state index contributed by atoms with van der Waals surface area (Å²) in [7, 11) is 0. The number of thiazole rings is 1. The molecule has 1 aliphatic rings. The molecule has 1 fully saturated rings. The molecule has 0 saturated carbocycles. The van der Waals surface area contributed by atoms with Crippen LogP contribution >= 0.6 is 11.3 Å². The number of nitrogens with one attached hydrogen (secondary N) is 1. The van der Waals surface area contributed by atoms with Crippen molar-refractivity contribution in [2.45, 2.75) is 12.8 Å². The van der Waals surface area contributed by atoms with Crippen molar-refractivity contribution in [1.82, 2.24) is 15.2 Å². The highest BCUT2D eigenvalue weighted by molar-refractivity contribution is 7.13. The molecule has 0 radical (unpaired) electrons. The number of furan rings is 1. The van der Waals surface area contributed by atoms with Gasteiger partial charge in [0.2, 0.25) is 5.91 Å². The van der Waals surface area contributed by atoms with Crippen LogP contribution in [-0.2, 0) is 4.79 Å². The van der Waals surface area contributed by atoms with E-state index in [9.17, 15) is 9.59 Å². The van der Waals surface area contributed by atoms with Gasteiger partial charge >= 0.3 is 0 Å². The van der Waals surface area contributed by atoms with Crippen LogP contribution in [0.25, 0.3) is 0 Å². The van der Waals surface area contributed by atoms with Gasteiger partial charge in [-0.25, -0.2) is 4.98 Å². The number of carbonyl (C=O) groups is 2. The van der Waals surface area contributed by atoms with Crippen LogP contribution in [0, 0.1) is 0 Å². The van der Waals surface area contributed by atoms with Gasteiger partial charge in [-0.2, -0.15) is 0 Å². The summed E-state index contributed by atoms with van der Waals surface area (Å²) in [6, 6.07) is 3.28. The summed E-state index contributed by atoms with van der Waals surface area (Å²) in [5.41, 5.74) is 0. The van der Waals surface area contributed by atoms with Gasteiger partial charge in [-0.3, -0.25) is 9.59 Å². The number of hydrogen-bond donors (Lipinski definition) is 1. The molecule has 1 saturated heterocycles. The summed E-state index contributed by atoms with van der Waals surface area (Å²) in [5, 5.41) is 5.73. The Hall–Kier alpha value is -2.35. The summed E-state index contributed by atoms with van der Waals surface area (Å²) in [6.07, 6.45) is 4.33. The first-order valence-corrected chi connectivity index (χ1v) is 8.86.